The summed E-state index contributed by atoms with van der Waals surface area (Å²) in [4.78, 5) is 14.7. The molecule has 0 aromatic carbocycles. The molecule has 0 spiro atoms. The van der Waals surface area contributed by atoms with Crippen LogP contribution in [0, 0.1) is 5.92 Å². The number of esters is 1. The van der Waals surface area contributed by atoms with Crippen molar-refractivity contribution in [3.8, 4) is 0 Å². The quantitative estimate of drug-likeness (QED) is 0.750. The Hall–Kier alpha value is -0.610. The lowest BCUT2D eigenvalue weighted by Crippen LogP contribution is -2.54. The molecule has 1 atom stereocenters. The predicted molar refractivity (Wildman–Crippen MR) is 78.2 cm³/mol. The molecule has 0 amide bonds. The molecular formula is C15H30N2O2. The van der Waals surface area contributed by atoms with Crippen molar-refractivity contribution >= 4 is 5.97 Å². The molecule has 4 nitrogen and oxygen atoms in total. The van der Waals surface area contributed by atoms with Gasteiger partial charge in [0, 0.05) is 19.6 Å². The Balaban J connectivity index is 2.78. The Morgan fingerprint density at radius 2 is 2.11 bits per heavy atom. The van der Waals surface area contributed by atoms with Gasteiger partial charge in [-0.1, -0.05) is 13.8 Å². The summed E-state index contributed by atoms with van der Waals surface area (Å²) in [6.07, 6.45) is 3.03. The van der Waals surface area contributed by atoms with Gasteiger partial charge in [-0.25, -0.2) is 0 Å². The molecule has 19 heavy (non-hydrogen) atoms. The van der Waals surface area contributed by atoms with E-state index in [9.17, 15) is 4.79 Å². The van der Waals surface area contributed by atoms with Crippen molar-refractivity contribution in [2.45, 2.75) is 52.5 Å². The van der Waals surface area contributed by atoms with E-state index in [2.05, 4.69) is 31.0 Å². The first-order chi connectivity index (χ1) is 9.00. The summed E-state index contributed by atoms with van der Waals surface area (Å²) in [6.45, 7) is 12.7. The highest BCUT2D eigenvalue weighted by atomic mass is 16.5. The second-order valence-corrected chi connectivity index (χ2v) is 6.02. The largest absolute Gasteiger partial charge is 0.465 e. The highest BCUT2D eigenvalue weighted by molar-refractivity contribution is 5.80. The number of hydrogen-bond donors (Lipinski definition) is 1. The molecule has 1 aliphatic heterocycles. The standard InChI is InChI=1S/C15H30N2O2/c1-5-19-14(18)15(4,8-7-13(2)3)17-11-6-9-16-10-12-17/h13,16H,5-12H2,1-4H3. The third-order valence-corrected chi connectivity index (χ3v) is 3.96. The van der Waals surface area contributed by atoms with Crippen LogP contribution in [0.2, 0.25) is 0 Å². The van der Waals surface area contributed by atoms with Crippen LogP contribution >= 0.6 is 0 Å². The number of hydrogen-bond acceptors (Lipinski definition) is 4. The predicted octanol–water partition coefficient (Wildman–Crippen LogP) is 2.04. The van der Waals surface area contributed by atoms with Gasteiger partial charge in [0.2, 0.25) is 0 Å². The number of carbonyl (C=O) groups excluding carboxylic acids is 1. The van der Waals surface area contributed by atoms with E-state index in [4.69, 9.17) is 4.74 Å². The van der Waals surface area contributed by atoms with E-state index in [-0.39, 0.29) is 5.97 Å². The highest BCUT2D eigenvalue weighted by Gasteiger charge is 2.40. The van der Waals surface area contributed by atoms with Crippen LogP contribution in [-0.2, 0) is 9.53 Å². The monoisotopic (exact) mass is 270 g/mol. The van der Waals surface area contributed by atoms with Gasteiger partial charge in [0.15, 0.2) is 0 Å². The van der Waals surface area contributed by atoms with Crippen LogP contribution in [0.1, 0.15) is 47.0 Å². The van der Waals surface area contributed by atoms with E-state index in [0.717, 1.165) is 45.4 Å². The van der Waals surface area contributed by atoms with Gasteiger partial charge < -0.3 is 10.1 Å². The van der Waals surface area contributed by atoms with Gasteiger partial charge in [-0.2, -0.15) is 0 Å². The fourth-order valence-electron chi connectivity index (χ4n) is 2.58. The maximum Gasteiger partial charge on any atom is 0.326 e. The minimum Gasteiger partial charge on any atom is -0.465 e. The van der Waals surface area contributed by atoms with E-state index in [0.29, 0.717) is 12.5 Å². The van der Waals surface area contributed by atoms with Crippen LogP contribution < -0.4 is 5.32 Å². The molecule has 1 heterocycles. The van der Waals surface area contributed by atoms with E-state index < -0.39 is 5.54 Å². The average Bonchev–Trinajstić information content (AvgIpc) is 2.65. The lowest BCUT2D eigenvalue weighted by Gasteiger charge is -2.39. The Kier molecular flexibility index (Phi) is 6.80. The Bertz CT molecular complexity index is 273. The highest BCUT2D eigenvalue weighted by Crippen LogP contribution is 2.26. The van der Waals surface area contributed by atoms with Gasteiger partial charge in [-0.05, 0) is 45.6 Å². The Morgan fingerprint density at radius 1 is 1.37 bits per heavy atom. The van der Waals surface area contributed by atoms with Crippen molar-refractivity contribution in [1.29, 1.82) is 0 Å². The number of nitrogens with zero attached hydrogens (tertiary/aromatic N) is 1. The zero-order chi connectivity index (χ0) is 14.3. The van der Waals surface area contributed by atoms with Crippen molar-refractivity contribution in [3.05, 3.63) is 0 Å². The molecule has 0 aromatic rings. The maximum atomic E-state index is 12.4. The topological polar surface area (TPSA) is 41.6 Å². The van der Waals surface area contributed by atoms with Crippen LogP contribution in [-0.4, -0.2) is 49.2 Å². The van der Waals surface area contributed by atoms with Gasteiger partial charge in [0.05, 0.1) is 6.61 Å². The molecule has 0 bridgehead atoms. The van der Waals surface area contributed by atoms with E-state index in [1.165, 1.54) is 0 Å². The molecule has 0 radical (unpaired) electrons. The fraction of sp³-hybridized carbons (Fsp3) is 0.933. The number of nitrogens with one attached hydrogen (secondary N) is 1. The Morgan fingerprint density at radius 3 is 2.74 bits per heavy atom. The second kappa shape index (κ2) is 7.85. The molecular weight excluding hydrogens is 240 g/mol. The normalized spacial score (nSPS) is 20.9. The minimum absolute atomic E-state index is 0.0578. The molecule has 1 aliphatic rings. The lowest BCUT2D eigenvalue weighted by molar-refractivity contribution is -0.157. The van der Waals surface area contributed by atoms with Crippen LogP contribution in [0.5, 0.6) is 0 Å². The van der Waals surface area contributed by atoms with Crippen LogP contribution in [0.25, 0.3) is 0 Å². The number of rotatable bonds is 6. The molecule has 1 rings (SSSR count). The van der Waals surface area contributed by atoms with Crippen molar-refractivity contribution in [2.75, 3.05) is 32.8 Å². The summed E-state index contributed by atoms with van der Waals surface area (Å²) in [5, 5.41) is 3.39. The van der Waals surface area contributed by atoms with E-state index in [1.807, 2.05) is 6.92 Å². The summed E-state index contributed by atoms with van der Waals surface area (Å²) in [5.74, 6) is 0.552. The van der Waals surface area contributed by atoms with Gasteiger partial charge in [0.25, 0.3) is 0 Å². The first-order valence-electron chi connectivity index (χ1n) is 7.63. The molecule has 0 saturated carbocycles. The van der Waals surface area contributed by atoms with E-state index >= 15 is 0 Å². The number of carbonyl (C=O) groups is 1. The fourth-order valence-corrected chi connectivity index (χ4v) is 2.58. The summed E-state index contributed by atoms with van der Waals surface area (Å²) >= 11 is 0. The molecule has 4 heteroatoms. The van der Waals surface area contributed by atoms with Gasteiger partial charge in [-0.3, -0.25) is 9.69 Å². The van der Waals surface area contributed by atoms with Crippen molar-refractivity contribution in [3.63, 3.8) is 0 Å². The van der Waals surface area contributed by atoms with Gasteiger partial charge >= 0.3 is 5.97 Å². The zero-order valence-corrected chi connectivity index (χ0v) is 13.0. The first-order valence-corrected chi connectivity index (χ1v) is 7.63. The third kappa shape index (κ3) is 4.77. The molecule has 1 unspecified atom stereocenters. The van der Waals surface area contributed by atoms with Crippen molar-refractivity contribution in [1.82, 2.24) is 10.2 Å². The summed E-state index contributed by atoms with van der Waals surface area (Å²) in [6, 6.07) is 0. The smallest absolute Gasteiger partial charge is 0.326 e. The first kappa shape index (κ1) is 16.4. The molecule has 1 N–H and O–H groups in total. The molecule has 1 saturated heterocycles. The lowest BCUT2D eigenvalue weighted by atomic mass is 9.89. The third-order valence-electron chi connectivity index (χ3n) is 3.96. The zero-order valence-electron chi connectivity index (χ0n) is 13.0. The number of ether oxygens (including phenoxy) is 1. The van der Waals surface area contributed by atoms with Crippen molar-refractivity contribution in [2.24, 2.45) is 5.92 Å². The summed E-state index contributed by atoms with van der Waals surface area (Å²) in [5.41, 5.74) is -0.466. The minimum atomic E-state index is -0.466. The van der Waals surface area contributed by atoms with Gasteiger partial charge in [-0.15, -0.1) is 0 Å². The van der Waals surface area contributed by atoms with Crippen LogP contribution in [0.3, 0.4) is 0 Å². The Labute approximate surface area is 117 Å². The SMILES string of the molecule is CCOC(=O)C(C)(CCC(C)C)N1CCCNCC1. The van der Waals surface area contributed by atoms with Crippen molar-refractivity contribution < 1.29 is 9.53 Å². The average molecular weight is 270 g/mol. The summed E-state index contributed by atoms with van der Waals surface area (Å²) in [7, 11) is 0. The summed E-state index contributed by atoms with van der Waals surface area (Å²) < 4.78 is 5.33. The second-order valence-electron chi connectivity index (χ2n) is 6.02. The van der Waals surface area contributed by atoms with Crippen LogP contribution in [0.4, 0.5) is 0 Å². The molecule has 112 valence electrons. The maximum absolute atomic E-state index is 12.4. The molecule has 1 fully saturated rings. The van der Waals surface area contributed by atoms with E-state index in [1.54, 1.807) is 0 Å². The van der Waals surface area contributed by atoms with Crippen LogP contribution in [0.15, 0.2) is 0 Å². The molecule has 0 aliphatic carbocycles. The van der Waals surface area contributed by atoms with Gasteiger partial charge in [0.1, 0.15) is 5.54 Å². The molecule has 0 aromatic heterocycles.